The fraction of sp³-hybridized carbons (Fsp3) is 0. The molecule has 7 aromatic carbocycles. The molecule has 4 aromatic heterocycles. The number of rotatable bonds is 6. The molecule has 0 aliphatic carbocycles. The minimum Gasteiger partial charge on any atom is -0.456 e. The normalized spacial score (nSPS) is 11.6. The van der Waals surface area contributed by atoms with E-state index in [1.165, 1.54) is 5.39 Å². The number of pyridine rings is 1. The molecular formula is C51H32N4O. The van der Waals surface area contributed by atoms with Gasteiger partial charge in [0.05, 0.1) is 22.6 Å². The molecular weight excluding hydrogens is 685 g/mol. The van der Waals surface area contributed by atoms with Gasteiger partial charge in [-0.3, -0.25) is 0 Å². The van der Waals surface area contributed by atoms with Gasteiger partial charge in [0, 0.05) is 49.5 Å². The van der Waals surface area contributed by atoms with Crippen molar-refractivity contribution in [2.24, 2.45) is 0 Å². The van der Waals surface area contributed by atoms with Gasteiger partial charge in [0.15, 0.2) is 5.82 Å². The Morgan fingerprint density at radius 2 is 1.00 bits per heavy atom. The third kappa shape index (κ3) is 5.37. The highest BCUT2D eigenvalue weighted by molar-refractivity contribution is 6.09. The van der Waals surface area contributed by atoms with Crippen molar-refractivity contribution in [3.8, 4) is 67.5 Å². The molecule has 262 valence electrons. The zero-order valence-corrected chi connectivity index (χ0v) is 30.2. The van der Waals surface area contributed by atoms with Crippen molar-refractivity contribution in [2.75, 3.05) is 0 Å². The molecule has 5 nitrogen and oxygen atoms in total. The predicted molar refractivity (Wildman–Crippen MR) is 228 cm³/mol. The van der Waals surface area contributed by atoms with Gasteiger partial charge in [-0.05, 0) is 47.3 Å². The first-order chi connectivity index (χ1) is 27.7. The largest absolute Gasteiger partial charge is 0.456 e. The first-order valence-corrected chi connectivity index (χ1v) is 18.8. The Labute approximate surface area is 322 Å². The van der Waals surface area contributed by atoms with E-state index in [0.29, 0.717) is 5.82 Å². The number of nitrogens with zero attached hydrogens (tertiary/aromatic N) is 4. The van der Waals surface area contributed by atoms with Crippen LogP contribution in [0.2, 0.25) is 0 Å². The van der Waals surface area contributed by atoms with E-state index in [4.69, 9.17) is 19.5 Å². The number of hydrogen-bond acceptors (Lipinski definition) is 4. The van der Waals surface area contributed by atoms with Crippen LogP contribution in [0.15, 0.2) is 199 Å². The second-order valence-corrected chi connectivity index (χ2v) is 14.1. The molecule has 11 aromatic rings. The molecule has 0 N–H and O–H groups in total. The van der Waals surface area contributed by atoms with Gasteiger partial charge in [0.25, 0.3) is 0 Å². The molecule has 0 saturated heterocycles. The van der Waals surface area contributed by atoms with Crippen molar-refractivity contribution in [2.45, 2.75) is 0 Å². The van der Waals surface area contributed by atoms with Crippen LogP contribution in [-0.2, 0) is 0 Å². The lowest BCUT2D eigenvalue weighted by Gasteiger charge is -2.11. The summed E-state index contributed by atoms with van der Waals surface area (Å²) in [6.07, 6.45) is 0. The van der Waals surface area contributed by atoms with Crippen LogP contribution in [0.25, 0.3) is 106 Å². The minimum atomic E-state index is 0.630. The predicted octanol–water partition coefficient (Wildman–Crippen LogP) is 13.2. The fourth-order valence-electron chi connectivity index (χ4n) is 7.95. The van der Waals surface area contributed by atoms with Gasteiger partial charge in [-0.2, -0.15) is 5.10 Å². The smallest absolute Gasteiger partial charge is 0.160 e. The Morgan fingerprint density at radius 3 is 1.79 bits per heavy atom. The van der Waals surface area contributed by atoms with E-state index in [1.807, 2.05) is 36.4 Å². The van der Waals surface area contributed by atoms with E-state index in [2.05, 4.69) is 162 Å². The number of fused-ring (bicyclic) bond motifs is 6. The zero-order chi connectivity index (χ0) is 37.0. The van der Waals surface area contributed by atoms with Crippen molar-refractivity contribution in [1.29, 1.82) is 0 Å². The summed E-state index contributed by atoms with van der Waals surface area (Å²) in [6.45, 7) is 0. The first kappa shape index (κ1) is 31.9. The minimum absolute atomic E-state index is 0.630. The van der Waals surface area contributed by atoms with Crippen molar-refractivity contribution >= 4 is 38.2 Å². The summed E-state index contributed by atoms with van der Waals surface area (Å²) in [6, 6.07) is 67.3. The molecule has 0 aliphatic heterocycles. The standard InChI is InChI=1S/C51H32N4O/c1-4-15-33(16-5-1)43-32-44(53-51(52-43)39-27-28-42-41-25-12-13-26-46(41)56-47(42)31-39)37-22-14-23-38(29-37)49-48(35-19-8-3-9-20-35)50-40-24-11-10-21-36(40)30-45(55(50)54-49)34-17-6-2-7-18-34/h1-32H. The molecule has 0 unspecified atom stereocenters. The molecule has 0 saturated carbocycles. The Hall–Kier alpha value is -7.63. The van der Waals surface area contributed by atoms with Crippen LogP contribution < -0.4 is 0 Å². The van der Waals surface area contributed by atoms with Crippen LogP contribution in [0.3, 0.4) is 0 Å². The third-order valence-electron chi connectivity index (χ3n) is 10.6. The van der Waals surface area contributed by atoms with Gasteiger partial charge < -0.3 is 4.42 Å². The van der Waals surface area contributed by atoms with Crippen molar-refractivity contribution in [1.82, 2.24) is 19.6 Å². The Morgan fingerprint density at radius 1 is 0.393 bits per heavy atom. The quantitative estimate of drug-likeness (QED) is 0.172. The van der Waals surface area contributed by atoms with Gasteiger partial charge in [-0.25, -0.2) is 14.5 Å². The monoisotopic (exact) mass is 716 g/mol. The Balaban J connectivity index is 1.13. The van der Waals surface area contributed by atoms with Gasteiger partial charge >= 0.3 is 0 Å². The van der Waals surface area contributed by atoms with Crippen LogP contribution in [0.1, 0.15) is 0 Å². The lowest BCUT2D eigenvalue weighted by Crippen LogP contribution is -1.96. The number of hydrogen-bond donors (Lipinski definition) is 0. The highest BCUT2D eigenvalue weighted by Crippen LogP contribution is 2.42. The van der Waals surface area contributed by atoms with Gasteiger partial charge in [0.1, 0.15) is 16.9 Å². The Bertz CT molecular complexity index is 3240. The average Bonchev–Trinajstić information content (AvgIpc) is 3.86. The summed E-state index contributed by atoms with van der Waals surface area (Å²) >= 11 is 0. The second-order valence-electron chi connectivity index (χ2n) is 14.1. The summed E-state index contributed by atoms with van der Waals surface area (Å²) in [4.78, 5) is 10.4. The average molecular weight is 717 g/mol. The Kier molecular flexibility index (Phi) is 7.42. The number of para-hydroxylation sites is 1. The maximum atomic E-state index is 6.28. The van der Waals surface area contributed by atoms with Crippen LogP contribution >= 0.6 is 0 Å². The SMILES string of the molecule is c1ccc(-c2cc(-c3cccc(-c4nn5c(-c6ccccc6)cc6ccccc6c5c4-c4ccccc4)c3)nc(-c3ccc4c(c3)oc3ccccc34)n2)cc1. The van der Waals surface area contributed by atoms with Crippen molar-refractivity contribution in [3.63, 3.8) is 0 Å². The highest BCUT2D eigenvalue weighted by Gasteiger charge is 2.22. The maximum Gasteiger partial charge on any atom is 0.160 e. The number of aromatic nitrogens is 4. The molecule has 0 bridgehead atoms. The molecule has 0 atom stereocenters. The van der Waals surface area contributed by atoms with Crippen LogP contribution in [0.5, 0.6) is 0 Å². The second kappa shape index (κ2) is 13.0. The van der Waals surface area contributed by atoms with E-state index < -0.39 is 0 Å². The summed E-state index contributed by atoms with van der Waals surface area (Å²) in [5.74, 6) is 0.630. The molecule has 5 heteroatoms. The van der Waals surface area contributed by atoms with Gasteiger partial charge in [-0.1, -0.05) is 158 Å². The third-order valence-corrected chi connectivity index (χ3v) is 10.6. The van der Waals surface area contributed by atoms with Crippen LogP contribution in [0.4, 0.5) is 0 Å². The van der Waals surface area contributed by atoms with E-state index in [0.717, 1.165) is 94.6 Å². The number of furan rings is 1. The van der Waals surface area contributed by atoms with Crippen LogP contribution in [0, 0.1) is 0 Å². The topological polar surface area (TPSA) is 56.2 Å². The molecule has 0 aliphatic rings. The van der Waals surface area contributed by atoms with Crippen molar-refractivity contribution < 1.29 is 4.42 Å². The highest BCUT2D eigenvalue weighted by atomic mass is 16.3. The van der Waals surface area contributed by atoms with Gasteiger partial charge in [0.2, 0.25) is 0 Å². The first-order valence-electron chi connectivity index (χ1n) is 18.8. The molecule has 0 amide bonds. The summed E-state index contributed by atoms with van der Waals surface area (Å²) in [7, 11) is 0. The molecule has 4 heterocycles. The van der Waals surface area contributed by atoms with E-state index in [-0.39, 0.29) is 0 Å². The molecule has 0 spiro atoms. The van der Waals surface area contributed by atoms with E-state index >= 15 is 0 Å². The molecule has 0 fully saturated rings. The maximum absolute atomic E-state index is 6.28. The van der Waals surface area contributed by atoms with E-state index in [1.54, 1.807) is 0 Å². The molecule has 56 heavy (non-hydrogen) atoms. The van der Waals surface area contributed by atoms with E-state index in [9.17, 15) is 0 Å². The fourth-order valence-corrected chi connectivity index (χ4v) is 7.95. The molecule has 0 radical (unpaired) electrons. The van der Waals surface area contributed by atoms with Crippen molar-refractivity contribution in [3.05, 3.63) is 194 Å². The van der Waals surface area contributed by atoms with Crippen LogP contribution in [-0.4, -0.2) is 19.6 Å². The van der Waals surface area contributed by atoms with Gasteiger partial charge in [-0.15, -0.1) is 0 Å². The number of benzene rings is 7. The lowest BCUT2D eigenvalue weighted by atomic mass is 9.95. The summed E-state index contributed by atoms with van der Waals surface area (Å²) in [5, 5.41) is 9.95. The lowest BCUT2D eigenvalue weighted by molar-refractivity contribution is 0.669. The summed E-state index contributed by atoms with van der Waals surface area (Å²) in [5.41, 5.74) is 13.5. The molecule has 11 rings (SSSR count). The zero-order valence-electron chi connectivity index (χ0n) is 30.2. The summed E-state index contributed by atoms with van der Waals surface area (Å²) < 4.78 is 8.41.